The lowest BCUT2D eigenvalue weighted by Gasteiger charge is -2.15. The van der Waals surface area contributed by atoms with E-state index in [2.05, 4.69) is 59.7 Å². The van der Waals surface area contributed by atoms with Crippen molar-refractivity contribution in [1.29, 1.82) is 0 Å². The van der Waals surface area contributed by atoms with E-state index >= 15 is 0 Å². The summed E-state index contributed by atoms with van der Waals surface area (Å²) in [6.45, 7) is 13.3. The molecule has 1 aromatic rings. The lowest BCUT2D eigenvalue weighted by Crippen LogP contribution is -1.99. The molecule has 1 rings (SSSR count). The van der Waals surface area contributed by atoms with Crippen molar-refractivity contribution in [2.75, 3.05) is 0 Å². The van der Waals surface area contributed by atoms with Gasteiger partial charge in [-0.1, -0.05) is 47.6 Å². The second-order valence-electron chi connectivity index (χ2n) is 5.18. The maximum absolute atomic E-state index is 3.48. The molecule has 0 atom stereocenters. The van der Waals surface area contributed by atoms with E-state index in [1.807, 2.05) is 0 Å². The van der Waals surface area contributed by atoms with E-state index in [4.69, 9.17) is 0 Å². The first-order valence-corrected chi connectivity index (χ1v) is 5.91. The highest BCUT2D eigenvalue weighted by Gasteiger charge is 2.09. The van der Waals surface area contributed by atoms with E-state index in [9.17, 15) is 0 Å². The zero-order chi connectivity index (χ0) is 11.6. The SMILES string of the molecule is CC(C)c1[c]c(C(C)C)cc(C(C)C)[c]1. The van der Waals surface area contributed by atoms with Gasteiger partial charge in [0.2, 0.25) is 0 Å². The molecule has 0 aliphatic rings. The van der Waals surface area contributed by atoms with Gasteiger partial charge in [-0.2, -0.15) is 0 Å². The standard InChI is InChI=1S/C15H22/c1-10(2)13-7-14(11(3)4)9-15(8-13)12(5)6/h7,10-12H,1-6H3. The van der Waals surface area contributed by atoms with E-state index in [0.717, 1.165) is 0 Å². The lowest BCUT2D eigenvalue weighted by atomic mass is 9.90. The van der Waals surface area contributed by atoms with Gasteiger partial charge in [0.05, 0.1) is 0 Å². The zero-order valence-corrected chi connectivity index (χ0v) is 10.8. The fourth-order valence-electron chi connectivity index (χ4n) is 1.49. The quantitative estimate of drug-likeness (QED) is 0.669. The molecule has 82 valence electrons. The molecule has 0 heterocycles. The van der Waals surface area contributed by atoms with Crippen LogP contribution in [0.3, 0.4) is 0 Å². The molecule has 0 N–H and O–H groups in total. The van der Waals surface area contributed by atoms with Crippen LogP contribution in [-0.2, 0) is 0 Å². The van der Waals surface area contributed by atoms with Crippen molar-refractivity contribution < 1.29 is 0 Å². The van der Waals surface area contributed by atoms with Crippen LogP contribution in [0.5, 0.6) is 0 Å². The Labute approximate surface area is 94.7 Å². The van der Waals surface area contributed by atoms with E-state index in [-0.39, 0.29) is 0 Å². The van der Waals surface area contributed by atoms with Gasteiger partial charge in [-0.15, -0.1) is 0 Å². The van der Waals surface area contributed by atoms with Gasteiger partial charge in [-0.25, -0.2) is 0 Å². The largest absolute Gasteiger partial charge is 0.0587 e. The van der Waals surface area contributed by atoms with Gasteiger partial charge in [0.15, 0.2) is 0 Å². The highest BCUT2D eigenvalue weighted by molar-refractivity contribution is 5.32. The van der Waals surface area contributed by atoms with Gasteiger partial charge in [0.1, 0.15) is 0 Å². The van der Waals surface area contributed by atoms with Crippen LogP contribution in [-0.4, -0.2) is 0 Å². The van der Waals surface area contributed by atoms with Crippen molar-refractivity contribution in [3.8, 4) is 0 Å². The molecule has 0 saturated heterocycles. The number of hydrogen-bond acceptors (Lipinski definition) is 0. The van der Waals surface area contributed by atoms with Crippen molar-refractivity contribution in [2.24, 2.45) is 0 Å². The molecule has 0 saturated carbocycles. The summed E-state index contributed by atoms with van der Waals surface area (Å²) in [7, 11) is 0. The number of benzene rings is 1. The number of rotatable bonds is 3. The molecular formula is C15H22. The van der Waals surface area contributed by atoms with E-state index in [1.54, 1.807) is 0 Å². The topological polar surface area (TPSA) is 0 Å². The summed E-state index contributed by atoms with van der Waals surface area (Å²) in [6, 6.07) is 9.22. The predicted molar refractivity (Wildman–Crippen MR) is 66.4 cm³/mol. The Kier molecular flexibility index (Phi) is 3.96. The van der Waals surface area contributed by atoms with Crippen LogP contribution in [0.15, 0.2) is 6.07 Å². The van der Waals surface area contributed by atoms with Crippen molar-refractivity contribution in [3.05, 3.63) is 34.9 Å². The molecule has 2 radical (unpaired) electrons. The molecular weight excluding hydrogens is 180 g/mol. The van der Waals surface area contributed by atoms with Gasteiger partial charge in [-0.05, 0) is 46.6 Å². The Morgan fingerprint density at radius 2 is 1.13 bits per heavy atom. The van der Waals surface area contributed by atoms with E-state index < -0.39 is 0 Å². The molecule has 0 heteroatoms. The molecule has 0 bridgehead atoms. The Hall–Kier alpha value is -0.780. The van der Waals surface area contributed by atoms with Gasteiger partial charge in [0.25, 0.3) is 0 Å². The molecule has 0 spiro atoms. The highest BCUT2D eigenvalue weighted by Crippen LogP contribution is 2.25. The molecule has 15 heavy (non-hydrogen) atoms. The van der Waals surface area contributed by atoms with Crippen LogP contribution in [0.2, 0.25) is 0 Å². The van der Waals surface area contributed by atoms with Crippen LogP contribution < -0.4 is 0 Å². The van der Waals surface area contributed by atoms with Gasteiger partial charge < -0.3 is 0 Å². The first kappa shape index (κ1) is 12.3. The van der Waals surface area contributed by atoms with Crippen molar-refractivity contribution >= 4 is 0 Å². The van der Waals surface area contributed by atoms with Crippen LogP contribution in [0.1, 0.15) is 76.0 Å². The minimum Gasteiger partial charge on any atom is -0.0587 e. The van der Waals surface area contributed by atoms with Crippen molar-refractivity contribution in [1.82, 2.24) is 0 Å². The van der Waals surface area contributed by atoms with Crippen LogP contribution in [0.25, 0.3) is 0 Å². The summed E-state index contributed by atoms with van der Waals surface area (Å²) in [4.78, 5) is 0. The average Bonchev–Trinajstić information content (AvgIpc) is 2.16. The molecule has 0 unspecified atom stereocenters. The maximum Gasteiger partial charge on any atom is -0.0102 e. The van der Waals surface area contributed by atoms with Crippen LogP contribution in [0, 0.1) is 12.1 Å². The zero-order valence-electron chi connectivity index (χ0n) is 10.8. The summed E-state index contributed by atoms with van der Waals surface area (Å²) in [6.07, 6.45) is 0. The van der Waals surface area contributed by atoms with Crippen LogP contribution >= 0.6 is 0 Å². The predicted octanol–water partition coefficient (Wildman–Crippen LogP) is 4.66. The van der Waals surface area contributed by atoms with Gasteiger partial charge in [-0.3, -0.25) is 0 Å². The first-order chi connectivity index (χ1) is 6.91. The van der Waals surface area contributed by atoms with Gasteiger partial charge in [0, 0.05) is 0 Å². The lowest BCUT2D eigenvalue weighted by molar-refractivity contribution is 0.799. The van der Waals surface area contributed by atoms with E-state index in [0.29, 0.717) is 17.8 Å². The molecule has 0 amide bonds. The highest BCUT2D eigenvalue weighted by atomic mass is 14.1. The third kappa shape index (κ3) is 3.09. The van der Waals surface area contributed by atoms with Crippen LogP contribution in [0.4, 0.5) is 0 Å². The van der Waals surface area contributed by atoms with E-state index in [1.165, 1.54) is 16.7 Å². The minimum absolute atomic E-state index is 0.515. The molecule has 0 nitrogen and oxygen atoms in total. The Bertz CT molecular complexity index is 254. The third-order valence-electron chi connectivity index (χ3n) is 2.69. The Morgan fingerprint density at radius 3 is 1.40 bits per heavy atom. The molecule has 0 aliphatic heterocycles. The molecule has 0 aliphatic carbocycles. The fraction of sp³-hybridized carbons (Fsp3) is 0.600. The summed E-state index contributed by atoms with van der Waals surface area (Å²) in [5.74, 6) is 1.62. The summed E-state index contributed by atoms with van der Waals surface area (Å²) in [5.41, 5.74) is 3.87. The summed E-state index contributed by atoms with van der Waals surface area (Å²) in [5, 5.41) is 0. The second-order valence-corrected chi connectivity index (χ2v) is 5.18. The minimum atomic E-state index is 0.515. The normalized spacial score (nSPS) is 11.8. The second kappa shape index (κ2) is 4.83. The number of hydrogen-bond donors (Lipinski definition) is 0. The van der Waals surface area contributed by atoms with Crippen molar-refractivity contribution in [2.45, 2.75) is 59.3 Å². The Morgan fingerprint density at radius 1 is 0.733 bits per heavy atom. The average molecular weight is 202 g/mol. The maximum atomic E-state index is 3.48. The molecule has 0 fully saturated rings. The monoisotopic (exact) mass is 202 g/mol. The van der Waals surface area contributed by atoms with Gasteiger partial charge >= 0.3 is 0 Å². The first-order valence-electron chi connectivity index (χ1n) is 5.91. The summed E-state index contributed by atoms with van der Waals surface area (Å²) >= 11 is 0. The molecule has 1 aromatic carbocycles. The third-order valence-corrected chi connectivity index (χ3v) is 2.69. The summed E-state index contributed by atoms with van der Waals surface area (Å²) < 4.78 is 0. The molecule has 0 aromatic heterocycles. The fourth-order valence-corrected chi connectivity index (χ4v) is 1.49. The Balaban J connectivity index is 3.20. The smallest absolute Gasteiger partial charge is 0.0102 e. The van der Waals surface area contributed by atoms with Crippen molar-refractivity contribution in [3.63, 3.8) is 0 Å².